The van der Waals surface area contributed by atoms with Gasteiger partial charge in [0.25, 0.3) is 17.7 Å². The van der Waals surface area contributed by atoms with Gasteiger partial charge in [0, 0.05) is 30.6 Å². The molecule has 0 saturated carbocycles. The summed E-state index contributed by atoms with van der Waals surface area (Å²) in [6.45, 7) is 4.92. The highest BCUT2D eigenvalue weighted by Crippen LogP contribution is 2.39. The zero-order valence-corrected chi connectivity index (χ0v) is 18.8. The van der Waals surface area contributed by atoms with Gasteiger partial charge in [0.15, 0.2) is 0 Å². The van der Waals surface area contributed by atoms with E-state index in [1.54, 1.807) is 24.3 Å². The van der Waals surface area contributed by atoms with E-state index in [1.165, 1.54) is 4.90 Å². The topological polar surface area (TPSA) is 57.7 Å². The van der Waals surface area contributed by atoms with E-state index in [0.29, 0.717) is 23.2 Å². The largest absolute Gasteiger partial charge is 0.330 e. The average Bonchev–Trinajstić information content (AvgIpc) is 3.07. The van der Waals surface area contributed by atoms with Crippen LogP contribution in [0.3, 0.4) is 0 Å². The molecule has 3 amide bonds. The molecule has 0 bridgehead atoms. The zero-order valence-electron chi connectivity index (χ0n) is 18.8. The summed E-state index contributed by atoms with van der Waals surface area (Å²) < 4.78 is 0. The number of carbonyl (C=O) groups is 3. The Bertz CT molecular complexity index is 1200. The van der Waals surface area contributed by atoms with Crippen LogP contribution in [0.25, 0.3) is 0 Å². The first kappa shape index (κ1) is 21.1. The minimum atomic E-state index is -0.262. The quantitative estimate of drug-likeness (QED) is 0.541. The van der Waals surface area contributed by atoms with Gasteiger partial charge in [-0.05, 0) is 35.2 Å². The summed E-state index contributed by atoms with van der Waals surface area (Å²) >= 11 is 0. The molecule has 2 aliphatic heterocycles. The van der Waals surface area contributed by atoms with Crippen molar-refractivity contribution < 1.29 is 14.4 Å². The highest BCUT2D eigenvalue weighted by molar-refractivity contribution is 6.21. The second-order valence-corrected chi connectivity index (χ2v) is 9.11. The van der Waals surface area contributed by atoms with Crippen LogP contribution in [0.2, 0.25) is 0 Å². The van der Waals surface area contributed by atoms with Gasteiger partial charge in [-0.3, -0.25) is 19.3 Å². The molecule has 3 aromatic carbocycles. The summed E-state index contributed by atoms with van der Waals surface area (Å²) in [5.74, 6) is -0.577. The summed E-state index contributed by atoms with van der Waals surface area (Å²) in [4.78, 5) is 43.1. The monoisotopic (exact) mass is 438 g/mol. The molecule has 0 aromatic heterocycles. The summed E-state index contributed by atoms with van der Waals surface area (Å²) in [5.41, 5.74) is 3.50. The van der Waals surface area contributed by atoms with Crippen LogP contribution in [0.5, 0.6) is 0 Å². The number of carbonyl (C=O) groups excluding carboxylic acids is 3. The van der Waals surface area contributed by atoms with E-state index in [1.807, 2.05) is 59.5 Å². The fraction of sp³-hybridized carbons (Fsp3) is 0.250. The van der Waals surface area contributed by atoms with E-state index < -0.39 is 0 Å². The number of nitrogens with zero attached hydrogens (tertiary/aromatic N) is 2. The number of amides is 3. The van der Waals surface area contributed by atoms with Crippen molar-refractivity contribution in [3.8, 4) is 0 Å². The number of hydrogen-bond donors (Lipinski definition) is 0. The minimum Gasteiger partial charge on any atom is -0.330 e. The molecule has 166 valence electrons. The Kier molecular flexibility index (Phi) is 5.33. The molecule has 0 saturated heterocycles. The molecule has 0 fully saturated rings. The number of fused-ring (bicyclic) bond motifs is 2. The lowest BCUT2D eigenvalue weighted by molar-refractivity contribution is 0.0452. The molecule has 3 aromatic rings. The van der Waals surface area contributed by atoms with Crippen LogP contribution in [-0.4, -0.2) is 40.1 Å². The lowest BCUT2D eigenvalue weighted by Crippen LogP contribution is -2.53. The summed E-state index contributed by atoms with van der Waals surface area (Å²) in [7, 11) is 0. The first-order chi connectivity index (χ1) is 16.0. The van der Waals surface area contributed by atoms with Crippen LogP contribution in [0.1, 0.15) is 62.0 Å². The predicted octanol–water partition coefficient (Wildman–Crippen LogP) is 4.75. The highest BCUT2D eigenvalue weighted by Gasteiger charge is 2.45. The number of benzene rings is 3. The SMILES string of the molecule is CC(C)[C@H]1[C@H](CN2C(=O)c3ccccc3C2=O)c2ccccc2C(=O)N1Cc1ccccc1. The molecule has 2 atom stereocenters. The molecule has 0 radical (unpaired) electrons. The van der Waals surface area contributed by atoms with Crippen LogP contribution in [-0.2, 0) is 6.54 Å². The van der Waals surface area contributed by atoms with Gasteiger partial charge in [0.1, 0.15) is 0 Å². The third kappa shape index (κ3) is 3.54. The van der Waals surface area contributed by atoms with E-state index >= 15 is 0 Å². The molecule has 0 aliphatic carbocycles. The standard InChI is InChI=1S/C28H26N2O3/c1-18(2)25-24(17-30-27(32)22-14-8-9-15-23(22)28(30)33)20-12-6-7-13-21(20)26(31)29(25)16-19-10-4-3-5-11-19/h3-15,18,24-25H,16-17H2,1-2H3/t24-,25+/m1/s1. The van der Waals surface area contributed by atoms with E-state index in [0.717, 1.165) is 11.1 Å². The normalized spacial score (nSPS) is 19.8. The number of imide groups is 1. The van der Waals surface area contributed by atoms with Gasteiger partial charge >= 0.3 is 0 Å². The number of hydrogen-bond acceptors (Lipinski definition) is 3. The van der Waals surface area contributed by atoms with Crippen molar-refractivity contribution in [2.24, 2.45) is 5.92 Å². The summed E-state index contributed by atoms with van der Waals surface area (Å²) in [6, 6.07) is 24.3. The third-order valence-corrected chi connectivity index (χ3v) is 6.76. The van der Waals surface area contributed by atoms with Crippen LogP contribution < -0.4 is 0 Å². The first-order valence-electron chi connectivity index (χ1n) is 11.4. The summed E-state index contributed by atoms with van der Waals surface area (Å²) in [6.07, 6.45) is 0. The molecule has 0 unspecified atom stereocenters. The van der Waals surface area contributed by atoms with Gasteiger partial charge in [-0.2, -0.15) is 0 Å². The van der Waals surface area contributed by atoms with Gasteiger partial charge in [0.05, 0.1) is 11.1 Å². The molecule has 2 aliphatic rings. The zero-order chi connectivity index (χ0) is 23.1. The molecule has 0 N–H and O–H groups in total. The van der Waals surface area contributed by atoms with Crippen molar-refractivity contribution in [2.45, 2.75) is 32.4 Å². The average molecular weight is 439 g/mol. The van der Waals surface area contributed by atoms with Crippen molar-refractivity contribution in [3.63, 3.8) is 0 Å². The molecular weight excluding hydrogens is 412 g/mol. The van der Waals surface area contributed by atoms with E-state index in [9.17, 15) is 14.4 Å². The van der Waals surface area contributed by atoms with Crippen LogP contribution >= 0.6 is 0 Å². The molecule has 2 heterocycles. The van der Waals surface area contributed by atoms with Crippen LogP contribution in [0, 0.1) is 5.92 Å². The minimum absolute atomic E-state index is 0.00763. The van der Waals surface area contributed by atoms with Crippen molar-refractivity contribution in [2.75, 3.05) is 6.54 Å². The van der Waals surface area contributed by atoms with Gasteiger partial charge < -0.3 is 4.90 Å². The molecule has 33 heavy (non-hydrogen) atoms. The van der Waals surface area contributed by atoms with Crippen LogP contribution in [0.15, 0.2) is 78.9 Å². The van der Waals surface area contributed by atoms with Crippen molar-refractivity contribution in [1.82, 2.24) is 9.80 Å². The molecule has 0 spiro atoms. The third-order valence-electron chi connectivity index (χ3n) is 6.76. The molecular formula is C28H26N2O3. The van der Waals surface area contributed by atoms with Gasteiger partial charge in [-0.1, -0.05) is 74.5 Å². The maximum absolute atomic E-state index is 13.6. The lowest BCUT2D eigenvalue weighted by Gasteiger charge is -2.45. The van der Waals surface area contributed by atoms with E-state index in [-0.39, 0.29) is 42.1 Å². The van der Waals surface area contributed by atoms with Gasteiger partial charge in [-0.25, -0.2) is 0 Å². The maximum Gasteiger partial charge on any atom is 0.261 e. The van der Waals surface area contributed by atoms with Crippen LogP contribution in [0.4, 0.5) is 0 Å². The Balaban J connectivity index is 1.56. The van der Waals surface area contributed by atoms with Crippen molar-refractivity contribution in [3.05, 3.63) is 107 Å². The Morgan fingerprint density at radius 2 is 1.24 bits per heavy atom. The van der Waals surface area contributed by atoms with Crippen molar-refractivity contribution in [1.29, 1.82) is 0 Å². The number of rotatable bonds is 5. The van der Waals surface area contributed by atoms with E-state index in [4.69, 9.17) is 0 Å². The molecule has 5 nitrogen and oxygen atoms in total. The Morgan fingerprint density at radius 3 is 1.85 bits per heavy atom. The lowest BCUT2D eigenvalue weighted by atomic mass is 9.77. The second kappa shape index (κ2) is 8.32. The predicted molar refractivity (Wildman–Crippen MR) is 126 cm³/mol. The smallest absolute Gasteiger partial charge is 0.261 e. The Hall–Kier alpha value is -3.73. The molecule has 5 heteroatoms. The second-order valence-electron chi connectivity index (χ2n) is 9.11. The summed E-state index contributed by atoms with van der Waals surface area (Å²) in [5, 5.41) is 0. The maximum atomic E-state index is 13.6. The van der Waals surface area contributed by atoms with E-state index in [2.05, 4.69) is 13.8 Å². The molecule has 5 rings (SSSR count). The van der Waals surface area contributed by atoms with Gasteiger partial charge in [-0.15, -0.1) is 0 Å². The fourth-order valence-electron chi connectivity index (χ4n) is 5.30. The first-order valence-corrected chi connectivity index (χ1v) is 11.4. The van der Waals surface area contributed by atoms with Crippen molar-refractivity contribution >= 4 is 17.7 Å². The highest BCUT2D eigenvalue weighted by atomic mass is 16.2. The Labute approximate surface area is 193 Å². The fourth-order valence-corrected chi connectivity index (χ4v) is 5.30. The van der Waals surface area contributed by atoms with Gasteiger partial charge in [0.2, 0.25) is 0 Å². The Morgan fingerprint density at radius 1 is 0.697 bits per heavy atom.